The highest BCUT2D eigenvalue weighted by Gasteiger charge is 2.11. The molecule has 0 radical (unpaired) electrons. The zero-order valence-electron chi connectivity index (χ0n) is 15.2. The molecular weight excluding hydrogens is 366 g/mol. The molecule has 3 rings (SSSR count). The number of methoxy groups -OCH3 is 2. The van der Waals surface area contributed by atoms with Gasteiger partial charge >= 0.3 is 0 Å². The monoisotopic (exact) mass is 385 g/mol. The van der Waals surface area contributed by atoms with Gasteiger partial charge in [-0.25, -0.2) is 4.98 Å². The topological polar surface area (TPSA) is 84.5 Å². The van der Waals surface area contributed by atoms with Crippen LogP contribution in [-0.4, -0.2) is 42.0 Å². The van der Waals surface area contributed by atoms with Gasteiger partial charge in [-0.2, -0.15) is 0 Å². The van der Waals surface area contributed by atoms with Crippen LogP contribution >= 0.6 is 11.3 Å². The molecule has 0 spiro atoms. The van der Waals surface area contributed by atoms with Crippen molar-refractivity contribution in [1.82, 2.24) is 14.9 Å². The highest BCUT2D eigenvalue weighted by molar-refractivity contribution is 7.17. The summed E-state index contributed by atoms with van der Waals surface area (Å²) < 4.78 is 11.1. The number of thiophene rings is 1. The van der Waals surface area contributed by atoms with E-state index in [0.29, 0.717) is 27.5 Å². The molecule has 7 nitrogen and oxygen atoms in total. The summed E-state index contributed by atoms with van der Waals surface area (Å²) in [6.45, 7) is 0.198. The van der Waals surface area contributed by atoms with Crippen molar-refractivity contribution in [2.24, 2.45) is 0 Å². The predicted octanol–water partition coefficient (Wildman–Crippen LogP) is 2.67. The second-order valence-electron chi connectivity index (χ2n) is 5.78. The van der Waals surface area contributed by atoms with Crippen LogP contribution in [0.4, 0.5) is 0 Å². The Kier molecular flexibility index (Phi) is 5.56. The Bertz CT molecular complexity index is 1050. The Morgan fingerprint density at radius 3 is 2.85 bits per heavy atom. The first-order valence-corrected chi connectivity index (χ1v) is 9.01. The number of fused-ring (bicyclic) bond motifs is 1. The lowest BCUT2D eigenvalue weighted by Gasteiger charge is -2.14. The normalized spacial score (nSPS) is 11.1. The van der Waals surface area contributed by atoms with E-state index in [-0.39, 0.29) is 18.0 Å². The number of hydrogen-bond donors (Lipinski definition) is 1. The third kappa shape index (κ3) is 4.17. The Morgan fingerprint density at radius 1 is 1.30 bits per heavy atom. The predicted molar refractivity (Wildman–Crippen MR) is 105 cm³/mol. The van der Waals surface area contributed by atoms with Crippen molar-refractivity contribution in [2.75, 3.05) is 21.3 Å². The Labute approximate surface area is 159 Å². The SMILES string of the molecule is COc1ccc(/C=C/C(=O)N(C)Cc2nc3ccsc3c(=O)[nH]2)c(OC)c1. The van der Waals surface area contributed by atoms with Crippen LogP contribution in [-0.2, 0) is 11.3 Å². The van der Waals surface area contributed by atoms with Gasteiger partial charge in [0.05, 0.1) is 26.3 Å². The van der Waals surface area contributed by atoms with Crippen molar-refractivity contribution in [1.29, 1.82) is 0 Å². The molecule has 0 aliphatic heterocycles. The van der Waals surface area contributed by atoms with Gasteiger partial charge in [-0.05, 0) is 29.7 Å². The van der Waals surface area contributed by atoms with Gasteiger partial charge in [0.15, 0.2) is 0 Å². The summed E-state index contributed by atoms with van der Waals surface area (Å²) >= 11 is 1.34. The van der Waals surface area contributed by atoms with E-state index in [4.69, 9.17) is 9.47 Å². The molecule has 140 valence electrons. The second-order valence-corrected chi connectivity index (χ2v) is 6.70. The molecule has 1 aromatic carbocycles. The number of carbonyl (C=O) groups excluding carboxylic acids is 1. The standard InChI is InChI=1S/C19H19N3O4S/c1-22(11-16-20-14-8-9-27-18(14)19(24)21-16)17(23)7-5-12-4-6-13(25-2)10-15(12)26-3/h4-10H,11H2,1-3H3,(H,20,21,24)/b7-5+. The van der Waals surface area contributed by atoms with Crippen molar-refractivity contribution < 1.29 is 14.3 Å². The summed E-state index contributed by atoms with van der Waals surface area (Å²) in [5, 5.41) is 1.82. The van der Waals surface area contributed by atoms with Gasteiger partial charge < -0.3 is 19.4 Å². The minimum atomic E-state index is -0.221. The van der Waals surface area contributed by atoms with Crippen LogP contribution < -0.4 is 15.0 Å². The smallest absolute Gasteiger partial charge is 0.268 e. The highest BCUT2D eigenvalue weighted by Crippen LogP contribution is 2.25. The van der Waals surface area contributed by atoms with Crippen LogP contribution in [0.2, 0.25) is 0 Å². The molecular formula is C19H19N3O4S. The maximum absolute atomic E-state index is 12.4. The molecule has 2 aromatic heterocycles. The summed E-state index contributed by atoms with van der Waals surface area (Å²) in [6.07, 6.45) is 3.13. The molecule has 0 fully saturated rings. The van der Waals surface area contributed by atoms with Crippen molar-refractivity contribution >= 4 is 33.5 Å². The first-order valence-electron chi connectivity index (χ1n) is 8.13. The molecule has 27 heavy (non-hydrogen) atoms. The van der Waals surface area contributed by atoms with Crippen molar-refractivity contribution in [3.05, 3.63) is 57.5 Å². The van der Waals surface area contributed by atoms with Crippen LogP contribution in [0.3, 0.4) is 0 Å². The number of rotatable bonds is 6. The molecule has 0 saturated heterocycles. The van der Waals surface area contributed by atoms with Crippen LogP contribution in [0.25, 0.3) is 16.3 Å². The molecule has 0 aliphatic rings. The van der Waals surface area contributed by atoms with E-state index in [1.165, 1.54) is 22.3 Å². The molecule has 0 atom stereocenters. The van der Waals surface area contributed by atoms with Crippen molar-refractivity contribution in [3.63, 3.8) is 0 Å². The van der Waals surface area contributed by atoms with E-state index < -0.39 is 0 Å². The fraction of sp³-hybridized carbons (Fsp3) is 0.211. The number of amides is 1. The van der Waals surface area contributed by atoms with Gasteiger partial charge in [0.2, 0.25) is 5.91 Å². The number of likely N-dealkylation sites (N-methyl/N-ethyl adjacent to an activating group) is 1. The van der Waals surface area contributed by atoms with E-state index in [9.17, 15) is 9.59 Å². The van der Waals surface area contributed by atoms with Crippen LogP contribution in [0.1, 0.15) is 11.4 Å². The van der Waals surface area contributed by atoms with Gasteiger partial charge in [0, 0.05) is 24.8 Å². The average Bonchev–Trinajstić information content (AvgIpc) is 3.15. The largest absolute Gasteiger partial charge is 0.497 e. The number of benzene rings is 1. The molecule has 0 saturated carbocycles. The first kappa shape index (κ1) is 18.7. The molecule has 0 unspecified atom stereocenters. The van der Waals surface area contributed by atoms with Crippen LogP contribution in [0.15, 0.2) is 40.5 Å². The zero-order valence-corrected chi connectivity index (χ0v) is 16.0. The van der Waals surface area contributed by atoms with Crippen molar-refractivity contribution in [2.45, 2.75) is 6.54 Å². The Hall–Kier alpha value is -3.13. The summed E-state index contributed by atoms with van der Waals surface area (Å²) in [4.78, 5) is 33.0. The maximum Gasteiger partial charge on any atom is 0.268 e. The lowest BCUT2D eigenvalue weighted by molar-refractivity contribution is -0.125. The van der Waals surface area contributed by atoms with Gasteiger partial charge in [0.25, 0.3) is 5.56 Å². The quantitative estimate of drug-likeness (QED) is 0.660. The van der Waals surface area contributed by atoms with E-state index >= 15 is 0 Å². The molecule has 0 bridgehead atoms. The number of nitrogens with zero attached hydrogens (tertiary/aromatic N) is 2. The van der Waals surface area contributed by atoms with E-state index in [1.54, 1.807) is 45.5 Å². The number of aromatic amines is 1. The second kappa shape index (κ2) is 8.05. The minimum absolute atomic E-state index is 0.190. The average molecular weight is 385 g/mol. The minimum Gasteiger partial charge on any atom is -0.497 e. The van der Waals surface area contributed by atoms with Crippen LogP contribution in [0.5, 0.6) is 11.5 Å². The van der Waals surface area contributed by atoms with Gasteiger partial charge in [-0.1, -0.05) is 0 Å². The van der Waals surface area contributed by atoms with Gasteiger partial charge in [-0.3, -0.25) is 9.59 Å². The van der Waals surface area contributed by atoms with Gasteiger partial charge in [0.1, 0.15) is 22.0 Å². The zero-order chi connectivity index (χ0) is 19.4. The summed E-state index contributed by atoms with van der Waals surface area (Å²) in [6, 6.07) is 7.14. The number of H-pyrrole nitrogens is 1. The molecule has 8 heteroatoms. The van der Waals surface area contributed by atoms with Crippen molar-refractivity contribution in [3.8, 4) is 11.5 Å². The molecule has 0 aliphatic carbocycles. The number of hydrogen-bond acceptors (Lipinski definition) is 6. The number of carbonyl (C=O) groups is 1. The maximum atomic E-state index is 12.4. The Morgan fingerprint density at radius 2 is 2.11 bits per heavy atom. The molecule has 3 aromatic rings. The van der Waals surface area contributed by atoms with E-state index in [2.05, 4.69) is 9.97 Å². The summed E-state index contributed by atoms with van der Waals surface area (Å²) in [5.41, 5.74) is 1.20. The van der Waals surface area contributed by atoms with E-state index in [1.807, 2.05) is 11.4 Å². The number of ether oxygens (including phenoxy) is 2. The number of aromatic nitrogens is 2. The lowest BCUT2D eigenvalue weighted by Crippen LogP contribution is -2.26. The molecule has 1 amide bonds. The third-order valence-electron chi connectivity index (χ3n) is 3.97. The van der Waals surface area contributed by atoms with Crippen LogP contribution in [0, 0.1) is 0 Å². The molecule has 1 N–H and O–H groups in total. The third-order valence-corrected chi connectivity index (χ3v) is 4.88. The summed E-state index contributed by atoms with van der Waals surface area (Å²) in [5.74, 6) is 1.50. The first-order chi connectivity index (χ1) is 13.0. The summed E-state index contributed by atoms with van der Waals surface area (Å²) in [7, 11) is 4.78. The number of nitrogens with one attached hydrogen (secondary N) is 1. The van der Waals surface area contributed by atoms with E-state index in [0.717, 1.165) is 5.56 Å². The fourth-order valence-electron chi connectivity index (χ4n) is 2.54. The lowest BCUT2D eigenvalue weighted by atomic mass is 10.1. The fourth-order valence-corrected chi connectivity index (χ4v) is 3.27. The van der Waals surface area contributed by atoms with Gasteiger partial charge in [-0.15, -0.1) is 11.3 Å². The molecule has 2 heterocycles. The Balaban J connectivity index is 1.73. The highest BCUT2D eigenvalue weighted by atomic mass is 32.1.